The van der Waals surface area contributed by atoms with Crippen LogP contribution in [0.1, 0.15) is 24.2 Å². The third kappa shape index (κ3) is 4.30. The second-order valence-corrected chi connectivity index (χ2v) is 8.28. The molecular weight excluding hydrogens is 400 g/mol. The van der Waals surface area contributed by atoms with Crippen LogP contribution in [-0.4, -0.2) is 40.6 Å². The normalized spacial score (nSPS) is 11.1. The van der Waals surface area contributed by atoms with E-state index in [1.165, 1.54) is 0 Å². The van der Waals surface area contributed by atoms with Gasteiger partial charge in [-0.1, -0.05) is 18.2 Å². The number of rotatable bonds is 6. The molecule has 4 aromatic rings. The van der Waals surface area contributed by atoms with Gasteiger partial charge in [-0.05, 0) is 55.8 Å². The number of carbonyl (C=O) groups is 1. The van der Waals surface area contributed by atoms with Crippen LogP contribution in [0.4, 0.5) is 11.5 Å². The summed E-state index contributed by atoms with van der Waals surface area (Å²) in [5.41, 5.74) is 4.75. The summed E-state index contributed by atoms with van der Waals surface area (Å²) in [6.07, 6.45) is 1.92. The van der Waals surface area contributed by atoms with Crippen LogP contribution in [0.25, 0.3) is 22.2 Å². The fourth-order valence-electron chi connectivity index (χ4n) is 3.74. The number of pyridine rings is 1. The lowest BCUT2D eigenvalue weighted by molar-refractivity contribution is 0.0827. The van der Waals surface area contributed by atoms with Crippen molar-refractivity contribution in [1.29, 1.82) is 0 Å². The summed E-state index contributed by atoms with van der Waals surface area (Å²) in [6.45, 7) is 4.02. The Kier molecular flexibility index (Phi) is 5.86. The number of hydrogen-bond donors (Lipinski definition) is 1. The lowest BCUT2D eigenvalue weighted by Gasteiger charge is -2.12. The number of hydrogen-bond acceptors (Lipinski definition) is 4. The molecule has 164 valence electrons. The van der Waals surface area contributed by atoms with Crippen molar-refractivity contribution in [2.24, 2.45) is 7.05 Å². The van der Waals surface area contributed by atoms with Crippen molar-refractivity contribution in [3.8, 4) is 17.0 Å². The molecule has 0 bridgehead atoms. The van der Waals surface area contributed by atoms with Crippen molar-refractivity contribution in [3.63, 3.8) is 0 Å². The minimum absolute atomic E-state index is 0.00652. The number of benzene rings is 2. The number of nitrogens with one attached hydrogen (secondary N) is 1. The summed E-state index contributed by atoms with van der Waals surface area (Å²) in [5, 5.41) is 4.46. The first-order valence-electron chi connectivity index (χ1n) is 10.6. The minimum atomic E-state index is -0.00652. The fourth-order valence-corrected chi connectivity index (χ4v) is 3.74. The highest BCUT2D eigenvalue weighted by Gasteiger charge is 2.14. The number of aryl methyl sites for hydroxylation is 1. The number of carbonyl (C=O) groups excluding carboxylic acids is 1. The van der Waals surface area contributed by atoms with Crippen LogP contribution in [0.2, 0.25) is 0 Å². The van der Waals surface area contributed by atoms with E-state index in [0.717, 1.165) is 39.4 Å². The van der Waals surface area contributed by atoms with Crippen molar-refractivity contribution in [3.05, 3.63) is 72.4 Å². The Labute approximate surface area is 188 Å². The van der Waals surface area contributed by atoms with E-state index in [-0.39, 0.29) is 12.0 Å². The molecule has 1 N–H and O–H groups in total. The van der Waals surface area contributed by atoms with Crippen LogP contribution in [0.3, 0.4) is 0 Å². The zero-order valence-electron chi connectivity index (χ0n) is 19.1. The van der Waals surface area contributed by atoms with Crippen LogP contribution >= 0.6 is 0 Å². The summed E-state index contributed by atoms with van der Waals surface area (Å²) in [5.74, 6) is 1.59. The molecular formula is C26H28N4O2. The van der Waals surface area contributed by atoms with Gasteiger partial charge in [-0.25, -0.2) is 4.98 Å². The summed E-state index contributed by atoms with van der Waals surface area (Å²) in [6, 6.07) is 19.7. The monoisotopic (exact) mass is 428 g/mol. The zero-order valence-corrected chi connectivity index (χ0v) is 19.1. The highest BCUT2D eigenvalue weighted by molar-refractivity contribution is 5.97. The van der Waals surface area contributed by atoms with Gasteiger partial charge in [0.25, 0.3) is 5.91 Å². The highest BCUT2D eigenvalue weighted by atomic mass is 16.5. The predicted octanol–water partition coefficient (Wildman–Crippen LogP) is 5.47. The number of nitrogens with zero attached hydrogens (tertiary/aromatic N) is 3. The van der Waals surface area contributed by atoms with E-state index in [1.54, 1.807) is 19.0 Å². The fraction of sp³-hybridized carbons (Fsp3) is 0.231. The Morgan fingerprint density at radius 1 is 1.06 bits per heavy atom. The van der Waals surface area contributed by atoms with Crippen LogP contribution < -0.4 is 10.1 Å². The van der Waals surface area contributed by atoms with Crippen molar-refractivity contribution >= 4 is 28.3 Å². The average Bonchev–Trinajstić information content (AvgIpc) is 3.11. The van der Waals surface area contributed by atoms with E-state index in [9.17, 15) is 4.79 Å². The number of anilines is 2. The molecule has 0 aliphatic carbocycles. The summed E-state index contributed by atoms with van der Waals surface area (Å²) in [7, 11) is 5.55. The van der Waals surface area contributed by atoms with E-state index in [1.807, 2.05) is 81.7 Å². The standard InChI is InChI=1S/C26H28N4O2/c1-17(2)32-21-8-6-7-20(15-21)28-25-22-16-24(30(5)23(22)13-14-27-25)18-9-11-19(12-10-18)26(31)29(3)4/h6-17H,1-5H3,(H,27,28). The molecule has 0 radical (unpaired) electrons. The first kappa shape index (κ1) is 21.4. The van der Waals surface area contributed by atoms with Gasteiger partial charge in [-0.3, -0.25) is 4.79 Å². The first-order valence-corrected chi connectivity index (χ1v) is 10.6. The Morgan fingerprint density at radius 3 is 2.50 bits per heavy atom. The number of fused-ring (bicyclic) bond motifs is 1. The third-order valence-electron chi connectivity index (χ3n) is 5.27. The molecule has 0 aliphatic heterocycles. The van der Waals surface area contributed by atoms with Gasteiger partial charge in [0.15, 0.2) is 0 Å². The maximum absolute atomic E-state index is 12.2. The van der Waals surface area contributed by atoms with Gasteiger partial charge in [0, 0.05) is 55.7 Å². The van der Waals surface area contributed by atoms with Gasteiger partial charge in [0.05, 0.1) is 11.6 Å². The lowest BCUT2D eigenvalue weighted by atomic mass is 10.1. The van der Waals surface area contributed by atoms with E-state index in [2.05, 4.69) is 20.9 Å². The van der Waals surface area contributed by atoms with Gasteiger partial charge in [0.1, 0.15) is 11.6 Å². The smallest absolute Gasteiger partial charge is 0.253 e. The van der Waals surface area contributed by atoms with Gasteiger partial charge < -0.3 is 19.5 Å². The SMILES string of the molecule is CC(C)Oc1cccc(Nc2nccc3c2cc(-c2ccc(C(=O)N(C)C)cc2)n3C)c1. The topological polar surface area (TPSA) is 59.4 Å². The molecule has 2 aromatic carbocycles. The van der Waals surface area contributed by atoms with Crippen molar-refractivity contribution in [2.45, 2.75) is 20.0 Å². The summed E-state index contributed by atoms with van der Waals surface area (Å²) < 4.78 is 7.95. The average molecular weight is 429 g/mol. The van der Waals surface area contributed by atoms with Gasteiger partial charge in [0.2, 0.25) is 0 Å². The van der Waals surface area contributed by atoms with E-state index in [4.69, 9.17) is 4.74 Å². The zero-order chi connectivity index (χ0) is 22.8. The van der Waals surface area contributed by atoms with Gasteiger partial charge in [-0.2, -0.15) is 0 Å². The molecule has 0 atom stereocenters. The number of amides is 1. The minimum Gasteiger partial charge on any atom is -0.491 e. The molecule has 6 nitrogen and oxygen atoms in total. The van der Waals surface area contributed by atoms with Crippen LogP contribution in [-0.2, 0) is 7.05 Å². The second-order valence-electron chi connectivity index (χ2n) is 8.28. The Bertz CT molecular complexity index is 1260. The Balaban J connectivity index is 1.68. The Hall–Kier alpha value is -3.80. The van der Waals surface area contributed by atoms with Crippen LogP contribution in [0.15, 0.2) is 66.9 Å². The maximum Gasteiger partial charge on any atom is 0.253 e. The lowest BCUT2D eigenvalue weighted by Crippen LogP contribution is -2.21. The molecule has 4 rings (SSSR count). The highest BCUT2D eigenvalue weighted by Crippen LogP contribution is 2.32. The maximum atomic E-state index is 12.2. The molecule has 2 heterocycles. The molecule has 32 heavy (non-hydrogen) atoms. The molecule has 0 saturated heterocycles. The van der Waals surface area contributed by atoms with Gasteiger partial charge in [-0.15, -0.1) is 0 Å². The first-order chi connectivity index (χ1) is 15.3. The van der Waals surface area contributed by atoms with Crippen molar-refractivity contribution < 1.29 is 9.53 Å². The molecule has 0 spiro atoms. The van der Waals surface area contributed by atoms with E-state index < -0.39 is 0 Å². The quantitative estimate of drug-likeness (QED) is 0.442. The molecule has 6 heteroatoms. The third-order valence-corrected chi connectivity index (χ3v) is 5.27. The summed E-state index contributed by atoms with van der Waals surface area (Å²) >= 11 is 0. The molecule has 0 saturated carbocycles. The predicted molar refractivity (Wildman–Crippen MR) is 130 cm³/mol. The largest absolute Gasteiger partial charge is 0.491 e. The number of aromatic nitrogens is 2. The van der Waals surface area contributed by atoms with Crippen LogP contribution in [0.5, 0.6) is 5.75 Å². The number of ether oxygens (including phenoxy) is 1. The molecule has 0 aliphatic rings. The molecule has 1 amide bonds. The van der Waals surface area contributed by atoms with Gasteiger partial charge >= 0.3 is 0 Å². The molecule has 2 aromatic heterocycles. The van der Waals surface area contributed by atoms with Crippen molar-refractivity contribution in [1.82, 2.24) is 14.5 Å². The second kappa shape index (κ2) is 8.75. The van der Waals surface area contributed by atoms with Crippen LogP contribution in [0, 0.1) is 0 Å². The molecule has 0 unspecified atom stereocenters. The van der Waals surface area contributed by atoms with Crippen molar-refractivity contribution in [2.75, 3.05) is 19.4 Å². The van der Waals surface area contributed by atoms with E-state index in [0.29, 0.717) is 5.56 Å². The van der Waals surface area contributed by atoms with E-state index >= 15 is 0 Å². The Morgan fingerprint density at radius 2 is 1.81 bits per heavy atom. The molecule has 0 fully saturated rings. The summed E-state index contributed by atoms with van der Waals surface area (Å²) in [4.78, 5) is 18.4.